The number of hydrogen-bond donors (Lipinski definition) is 0. The molecule has 7 rings (SSSR count). The second-order valence-corrected chi connectivity index (χ2v) is 10.2. The summed E-state index contributed by atoms with van der Waals surface area (Å²) in [5, 5.41) is 48.9. The Balaban J connectivity index is 1.82. The highest BCUT2D eigenvalue weighted by Gasteiger charge is 2.23. The lowest BCUT2D eigenvalue weighted by molar-refractivity contribution is 1.51. The van der Waals surface area contributed by atoms with Gasteiger partial charge in [-0.1, -0.05) is 36.4 Å². The maximum atomic E-state index is 9.40. The van der Waals surface area contributed by atoms with Crippen LogP contribution in [0.15, 0.2) is 48.5 Å². The van der Waals surface area contributed by atoms with Gasteiger partial charge >= 0.3 is 0 Å². The number of nitriles is 4. The molecule has 4 nitrogen and oxygen atoms in total. The van der Waals surface area contributed by atoms with Gasteiger partial charge < -0.3 is 0 Å². The van der Waals surface area contributed by atoms with Crippen molar-refractivity contribution in [1.29, 1.82) is 21.0 Å². The molecule has 34 heavy (non-hydrogen) atoms. The van der Waals surface area contributed by atoms with E-state index in [1.54, 1.807) is 0 Å². The Bertz CT molecular complexity index is 2120. The number of rotatable bonds is 0. The van der Waals surface area contributed by atoms with E-state index in [1.807, 2.05) is 48.5 Å². The lowest BCUT2D eigenvalue weighted by Crippen LogP contribution is -1.94. The monoisotopic (exact) mass is 464 g/mol. The molecule has 2 heterocycles. The fourth-order valence-corrected chi connectivity index (χ4v) is 7.69. The Hall–Kier alpha value is -4.72. The fraction of sp³-hybridized carbons (Fsp3) is 0. The highest BCUT2D eigenvalue weighted by molar-refractivity contribution is 7.19. The number of benzene rings is 3. The molecule has 0 bridgehead atoms. The van der Waals surface area contributed by atoms with E-state index in [0.717, 1.165) is 52.5 Å². The molecule has 0 saturated heterocycles. The maximum Gasteiger partial charge on any atom is 0.146 e. The van der Waals surface area contributed by atoms with Crippen LogP contribution in [-0.2, 0) is 0 Å². The quantitative estimate of drug-likeness (QED) is 0.257. The smallest absolute Gasteiger partial charge is 0.146 e. The predicted octanol–water partition coefficient (Wildman–Crippen LogP) is 6.00. The van der Waals surface area contributed by atoms with E-state index in [2.05, 4.69) is 24.3 Å². The average molecular weight is 465 g/mol. The molecule has 0 N–H and O–H groups in total. The van der Waals surface area contributed by atoms with Crippen LogP contribution >= 0.6 is 22.7 Å². The topological polar surface area (TPSA) is 95.2 Å². The zero-order valence-electron chi connectivity index (χ0n) is 17.2. The summed E-state index contributed by atoms with van der Waals surface area (Å²) in [6, 6.07) is 24.6. The van der Waals surface area contributed by atoms with Crippen LogP contribution in [0.3, 0.4) is 0 Å². The number of hydrogen-bond acceptors (Lipinski definition) is 6. The summed E-state index contributed by atoms with van der Waals surface area (Å²) in [5.41, 5.74) is 0.270. The third-order valence-electron chi connectivity index (χ3n) is 6.61. The van der Waals surface area contributed by atoms with Gasteiger partial charge in [0.25, 0.3) is 0 Å². The summed E-state index contributed by atoms with van der Waals surface area (Å²) in [6.45, 7) is 0. The minimum atomic E-state index is 0.135. The first-order valence-electron chi connectivity index (χ1n) is 10.4. The molecule has 0 aliphatic heterocycles. The van der Waals surface area contributed by atoms with Crippen molar-refractivity contribution >= 4 is 97.1 Å². The summed E-state index contributed by atoms with van der Waals surface area (Å²) in [6.07, 6.45) is 0. The van der Waals surface area contributed by atoms with Gasteiger partial charge in [-0.05, 0) is 44.5 Å². The molecule has 0 spiro atoms. The van der Waals surface area contributed by atoms with Gasteiger partial charge in [0, 0.05) is 30.9 Å². The van der Waals surface area contributed by atoms with Gasteiger partial charge in [0.1, 0.15) is 35.4 Å². The second kappa shape index (κ2) is 6.41. The molecular weight excluding hydrogens is 456 g/mol. The molecule has 0 amide bonds. The molecule has 0 aliphatic rings. The van der Waals surface area contributed by atoms with Crippen molar-refractivity contribution in [2.45, 2.75) is 0 Å². The van der Waals surface area contributed by atoms with Crippen LogP contribution in [0.1, 0.15) is 0 Å². The van der Waals surface area contributed by atoms with E-state index in [0.29, 0.717) is 9.06 Å². The van der Waals surface area contributed by atoms with Crippen LogP contribution in [0.25, 0.3) is 74.4 Å². The van der Waals surface area contributed by atoms with E-state index in [4.69, 9.17) is 0 Å². The van der Waals surface area contributed by atoms with Gasteiger partial charge in [-0.25, -0.2) is 0 Å². The molecule has 0 fully saturated rings. The second-order valence-electron chi connectivity index (χ2n) is 8.11. The van der Waals surface area contributed by atoms with Gasteiger partial charge in [0.05, 0.1) is 9.06 Å². The Morgan fingerprint density at radius 2 is 0.882 bits per heavy atom. The van der Waals surface area contributed by atoms with Gasteiger partial charge in [-0.3, -0.25) is 0 Å². The van der Waals surface area contributed by atoms with Crippen molar-refractivity contribution in [2.24, 2.45) is 0 Å². The first-order chi connectivity index (χ1) is 16.7. The molecular formula is C28H8N4S2. The summed E-state index contributed by atoms with van der Waals surface area (Å²) < 4.78 is 3.57. The Kier molecular flexibility index (Phi) is 3.55. The Morgan fingerprint density at radius 3 is 1.26 bits per heavy atom. The van der Waals surface area contributed by atoms with Gasteiger partial charge in [-0.2, -0.15) is 21.0 Å². The van der Waals surface area contributed by atoms with Crippen molar-refractivity contribution in [3.63, 3.8) is 0 Å². The van der Waals surface area contributed by atoms with Gasteiger partial charge in [0.15, 0.2) is 0 Å². The minimum Gasteiger partial charge on any atom is -0.192 e. The first-order valence-corrected chi connectivity index (χ1v) is 12.0. The highest BCUT2D eigenvalue weighted by Crippen LogP contribution is 2.50. The Morgan fingerprint density at radius 1 is 0.500 bits per heavy atom. The fourth-order valence-electron chi connectivity index (χ4n) is 5.32. The lowest BCUT2D eigenvalue weighted by Gasteiger charge is -2.07. The number of fused-ring (bicyclic) bond motifs is 8. The molecule has 152 valence electrons. The van der Waals surface area contributed by atoms with Gasteiger partial charge in [-0.15, -0.1) is 22.7 Å². The summed E-state index contributed by atoms with van der Waals surface area (Å²) in [4.78, 5) is 0. The standard InChI is InChI=1S/C28H8N4S2/c29-9-13(10-30)21-7-19-15-3-1-5-17-23(15)26(27(19)33-21)18-6-2-4-16-20-8-22(14(11-31)12-32)34-28(20)25(17)24(16)18/h1-8H. The van der Waals surface area contributed by atoms with E-state index < -0.39 is 0 Å². The molecule has 0 aliphatic carbocycles. The molecule has 0 saturated carbocycles. The molecule has 6 heteroatoms. The minimum absolute atomic E-state index is 0.135. The number of thiophene rings is 2. The largest absolute Gasteiger partial charge is 0.192 e. The van der Waals surface area contributed by atoms with Crippen LogP contribution in [-0.4, -0.2) is 0 Å². The maximum absolute atomic E-state index is 9.40. The van der Waals surface area contributed by atoms with Crippen molar-refractivity contribution in [3.8, 4) is 24.3 Å². The van der Waals surface area contributed by atoms with Crippen molar-refractivity contribution in [2.75, 3.05) is 0 Å². The van der Waals surface area contributed by atoms with Crippen molar-refractivity contribution < 1.29 is 0 Å². The van der Waals surface area contributed by atoms with E-state index in [1.165, 1.54) is 33.4 Å². The first kappa shape index (κ1) is 18.8. The molecule has 2 aromatic heterocycles. The van der Waals surface area contributed by atoms with E-state index in [-0.39, 0.29) is 11.1 Å². The van der Waals surface area contributed by atoms with Crippen LogP contribution in [0, 0.1) is 45.3 Å². The van der Waals surface area contributed by atoms with E-state index >= 15 is 0 Å². The van der Waals surface area contributed by atoms with Gasteiger partial charge in [0.2, 0.25) is 0 Å². The van der Waals surface area contributed by atoms with Crippen LogP contribution in [0.5, 0.6) is 0 Å². The van der Waals surface area contributed by atoms with Crippen LogP contribution < -0.4 is 9.06 Å². The summed E-state index contributed by atoms with van der Waals surface area (Å²) in [5.74, 6) is 0. The normalized spacial score (nSPS) is 11.4. The van der Waals surface area contributed by atoms with Crippen molar-refractivity contribution in [1.82, 2.24) is 0 Å². The zero-order valence-corrected chi connectivity index (χ0v) is 18.9. The summed E-state index contributed by atoms with van der Waals surface area (Å²) in [7, 11) is 0. The Labute approximate surface area is 199 Å². The molecule has 5 aromatic carbocycles. The lowest BCUT2D eigenvalue weighted by atomic mass is 9.97. The molecule has 7 aromatic rings. The molecule has 0 radical (unpaired) electrons. The summed E-state index contributed by atoms with van der Waals surface area (Å²) >= 11 is 3.00. The number of nitrogens with zero attached hydrogens (tertiary/aromatic N) is 4. The third-order valence-corrected chi connectivity index (χ3v) is 8.95. The molecule has 0 atom stereocenters. The highest BCUT2D eigenvalue weighted by atomic mass is 32.1. The van der Waals surface area contributed by atoms with E-state index in [9.17, 15) is 21.0 Å². The van der Waals surface area contributed by atoms with Crippen LogP contribution in [0.2, 0.25) is 0 Å². The third kappa shape index (κ3) is 2.08. The molecule has 0 unspecified atom stereocenters. The predicted molar refractivity (Wildman–Crippen MR) is 138 cm³/mol. The zero-order chi connectivity index (χ0) is 23.1. The van der Waals surface area contributed by atoms with Crippen molar-refractivity contribution in [3.05, 3.63) is 57.6 Å². The van der Waals surface area contributed by atoms with Crippen LogP contribution in [0.4, 0.5) is 0 Å². The average Bonchev–Trinajstić information content (AvgIpc) is 3.60. The SMILES string of the molecule is N#CC(C#N)=c1cc2c3cccc4c3c(c3cccc5c6cc(=C(C#N)C#N)sc6c4c53)c2s1.